The minimum atomic E-state index is 0.165. The van der Waals surface area contributed by atoms with E-state index in [1.54, 1.807) is 0 Å². The first-order chi connectivity index (χ1) is 12.3. The van der Waals surface area contributed by atoms with Crippen molar-refractivity contribution in [2.45, 2.75) is 19.4 Å². The number of hydrogen-bond acceptors (Lipinski definition) is 5. The van der Waals surface area contributed by atoms with Crippen LogP contribution in [0.5, 0.6) is 0 Å². The Hall–Kier alpha value is -3.15. The quantitative estimate of drug-likeness (QED) is 0.773. The summed E-state index contributed by atoms with van der Waals surface area (Å²) in [5, 5.41) is 11.5. The highest BCUT2D eigenvalue weighted by Gasteiger charge is 2.23. The van der Waals surface area contributed by atoms with Gasteiger partial charge in [0, 0.05) is 18.5 Å². The lowest BCUT2D eigenvalue weighted by Gasteiger charge is -2.19. The molecule has 4 rings (SSSR count). The van der Waals surface area contributed by atoms with Crippen LogP contribution in [0.15, 0.2) is 59.0 Å². The monoisotopic (exact) mass is 334 g/mol. The lowest BCUT2D eigenvalue weighted by molar-refractivity contribution is -0.117. The molecule has 1 N–H and O–H groups in total. The maximum Gasteiger partial charge on any atom is 0.247 e. The molecule has 0 spiro atoms. The maximum absolute atomic E-state index is 12.0. The second kappa shape index (κ2) is 6.76. The first kappa shape index (κ1) is 15.4. The third-order valence-electron chi connectivity index (χ3n) is 4.19. The van der Waals surface area contributed by atoms with E-state index in [0.29, 0.717) is 24.7 Å². The summed E-state index contributed by atoms with van der Waals surface area (Å²) in [5.41, 5.74) is 2.68. The molecule has 3 aromatic rings. The van der Waals surface area contributed by atoms with Crippen LogP contribution in [0.1, 0.15) is 18.7 Å². The van der Waals surface area contributed by atoms with E-state index in [2.05, 4.69) is 15.5 Å². The number of rotatable bonds is 5. The summed E-state index contributed by atoms with van der Waals surface area (Å²) in [6.07, 6.45) is 1.51. The summed E-state index contributed by atoms with van der Waals surface area (Å²) in [6.45, 7) is 1.16. The van der Waals surface area contributed by atoms with E-state index in [-0.39, 0.29) is 5.91 Å². The topological polar surface area (TPSA) is 71.3 Å². The molecule has 2 heterocycles. The van der Waals surface area contributed by atoms with Gasteiger partial charge in [-0.2, -0.15) is 0 Å². The van der Waals surface area contributed by atoms with Gasteiger partial charge >= 0.3 is 0 Å². The van der Waals surface area contributed by atoms with Crippen LogP contribution in [0.25, 0.3) is 11.5 Å². The summed E-state index contributed by atoms with van der Waals surface area (Å²) in [6, 6.07) is 17.4. The van der Waals surface area contributed by atoms with E-state index in [1.165, 1.54) is 0 Å². The van der Waals surface area contributed by atoms with Gasteiger partial charge in [-0.05, 0) is 30.7 Å². The SMILES string of the molecule is O=C1CCCN1c1ccccc1NCc1nnc(-c2ccccc2)o1. The molecule has 0 unspecified atom stereocenters. The first-order valence-electron chi connectivity index (χ1n) is 8.32. The van der Waals surface area contributed by atoms with E-state index in [4.69, 9.17) is 4.42 Å². The molecule has 1 aromatic heterocycles. The van der Waals surface area contributed by atoms with Crippen molar-refractivity contribution < 1.29 is 9.21 Å². The maximum atomic E-state index is 12.0. The number of anilines is 2. The molecule has 1 amide bonds. The fourth-order valence-electron chi connectivity index (χ4n) is 2.95. The molecule has 1 aliphatic heterocycles. The fourth-order valence-corrected chi connectivity index (χ4v) is 2.95. The Morgan fingerprint density at radius 3 is 2.64 bits per heavy atom. The van der Waals surface area contributed by atoms with E-state index in [9.17, 15) is 4.79 Å². The Labute approximate surface area is 145 Å². The van der Waals surface area contributed by atoms with Crippen LogP contribution in [-0.2, 0) is 11.3 Å². The zero-order valence-electron chi connectivity index (χ0n) is 13.7. The van der Waals surface area contributed by atoms with E-state index in [1.807, 2.05) is 59.5 Å². The Kier molecular flexibility index (Phi) is 4.16. The van der Waals surface area contributed by atoms with Gasteiger partial charge < -0.3 is 14.6 Å². The van der Waals surface area contributed by atoms with Crippen LogP contribution in [0.4, 0.5) is 11.4 Å². The lowest BCUT2D eigenvalue weighted by atomic mass is 10.2. The van der Waals surface area contributed by atoms with Gasteiger partial charge in [0.2, 0.25) is 17.7 Å². The Bertz CT molecular complexity index is 876. The van der Waals surface area contributed by atoms with Crippen LogP contribution in [0.3, 0.4) is 0 Å². The van der Waals surface area contributed by atoms with Crippen LogP contribution < -0.4 is 10.2 Å². The van der Waals surface area contributed by atoms with Crippen LogP contribution in [0, 0.1) is 0 Å². The fraction of sp³-hybridized carbons (Fsp3) is 0.211. The average Bonchev–Trinajstić information content (AvgIpc) is 3.30. The van der Waals surface area contributed by atoms with Gasteiger partial charge in [-0.25, -0.2) is 0 Å². The summed E-state index contributed by atoms with van der Waals surface area (Å²) in [5.74, 6) is 1.17. The molecule has 1 fully saturated rings. The summed E-state index contributed by atoms with van der Waals surface area (Å²) in [7, 11) is 0. The Morgan fingerprint density at radius 1 is 1.04 bits per heavy atom. The van der Waals surface area contributed by atoms with Crippen molar-refractivity contribution >= 4 is 17.3 Å². The van der Waals surface area contributed by atoms with Gasteiger partial charge in [0.15, 0.2) is 0 Å². The normalized spacial score (nSPS) is 14.1. The second-order valence-corrected chi connectivity index (χ2v) is 5.89. The molecule has 0 aliphatic carbocycles. The summed E-state index contributed by atoms with van der Waals surface area (Å²) < 4.78 is 5.71. The van der Waals surface area contributed by atoms with E-state index < -0.39 is 0 Å². The van der Waals surface area contributed by atoms with Crippen LogP contribution >= 0.6 is 0 Å². The van der Waals surface area contributed by atoms with Crippen molar-refractivity contribution in [3.8, 4) is 11.5 Å². The van der Waals surface area contributed by atoms with Gasteiger partial charge in [-0.3, -0.25) is 4.79 Å². The highest BCUT2D eigenvalue weighted by Crippen LogP contribution is 2.29. The van der Waals surface area contributed by atoms with Crippen molar-refractivity contribution in [1.29, 1.82) is 0 Å². The highest BCUT2D eigenvalue weighted by molar-refractivity contribution is 5.98. The highest BCUT2D eigenvalue weighted by atomic mass is 16.4. The molecule has 0 saturated carbocycles. The van der Waals surface area contributed by atoms with Gasteiger partial charge in [-0.15, -0.1) is 10.2 Å². The standard InChI is InChI=1S/C19H18N4O2/c24-18-11-6-12-23(18)16-10-5-4-9-15(16)20-13-17-21-22-19(25-17)14-7-2-1-3-8-14/h1-5,7-10,20H,6,11-13H2. The predicted octanol–water partition coefficient (Wildman–Crippen LogP) is 3.48. The Balaban J connectivity index is 1.49. The summed E-state index contributed by atoms with van der Waals surface area (Å²) in [4.78, 5) is 13.8. The minimum Gasteiger partial charge on any atom is -0.419 e. The third kappa shape index (κ3) is 3.24. The molecule has 1 aliphatic rings. The second-order valence-electron chi connectivity index (χ2n) is 5.89. The van der Waals surface area contributed by atoms with Crippen molar-refractivity contribution in [3.63, 3.8) is 0 Å². The van der Waals surface area contributed by atoms with Gasteiger partial charge in [0.25, 0.3) is 0 Å². The van der Waals surface area contributed by atoms with Gasteiger partial charge in [0.1, 0.15) is 0 Å². The van der Waals surface area contributed by atoms with Crippen molar-refractivity contribution in [1.82, 2.24) is 10.2 Å². The molecule has 0 bridgehead atoms. The number of carbonyl (C=O) groups excluding carboxylic acids is 1. The zero-order valence-corrected chi connectivity index (χ0v) is 13.7. The van der Waals surface area contributed by atoms with E-state index in [0.717, 1.165) is 29.9 Å². The van der Waals surface area contributed by atoms with Crippen LogP contribution in [0.2, 0.25) is 0 Å². The molecule has 1 saturated heterocycles. The molecule has 0 radical (unpaired) electrons. The van der Waals surface area contributed by atoms with E-state index >= 15 is 0 Å². The number of amides is 1. The Morgan fingerprint density at radius 2 is 1.84 bits per heavy atom. The molecule has 25 heavy (non-hydrogen) atoms. The molecule has 6 nitrogen and oxygen atoms in total. The molecule has 0 atom stereocenters. The number of aromatic nitrogens is 2. The third-order valence-corrected chi connectivity index (χ3v) is 4.19. The number of hydrogen-bond donors (Lipinski definition) is 1. The molecule has 6 heteroatoms. The number of carbonyl (C=O) groups is 1. The minimum absolute atomic E-state index is 0.165. The smallest absolute Gasteiger partial charge is 0.247 e. The number of para-hydroxylation sites is 2. The molecular weight excluding hydrogens is 316 g/mol. The molecule has 2 aromatic carbocycles. The van der Waals surface area contributed by atoms with Crippen molar-refractivity contribution in [2.24, 2.45) is 0 Å². The molecule has 126 valence electrons. The lowest BCUT2D eigenvalue weighted by Crippen LogP contribution is -2.24. The largest absolute Gasteiger partial charge is 0.419 e. The number of nitrogens with zero attached hydrogens (tertiary/aromatic N) is 3. The summed E-state index contributed by atoms with van der Waals surface area (Å²) >= 11 is 0. The number of benzene rings is 2. The van der Waals surface area contributed by atoms with Gasteiger partial charge in [0.05, 0.1) is 17.9 Å². The average molecular weight is 334 g/mol. The predicted molar refractivity (Wildman–Crippen MR) is 95.1 cm³/mol. The number of nitrogens with one attached hydrogen (secondary N) is 1. The van der Waals surface area contributed by atoms with Gasteiger partial charge in [-0.1, -0.05) is 30.3 Å². The molecular formula is C19H18N4O2. The first-order valence-corrected chi connectivity index (χ1v) is 8.32. The zero-order chi connectivity index (χ0) is 17.1. The van der Waals surface area contributed by atoms with Crippen LogP contribution in [-0.4, -0.2) is 22.6 Å². The van der Waals surface area contributed by atoms with Crippen molar-refractivity contribution in [3.05, 3.63) is 60.5 Å². The van der Waals surface area contributed by atoms with Crippen molar-refractivity contribution in [2.75, 3.05) is 16.8 Å².